The van der Waals surface area contributed by atoms with E-state index < -0.39 is 21.2 Å². The van der Waals surface area contributed by atoms with Gasteiger partial charge in [0.1, 0.15) is 4.90 Å². The number of H-pyrrole nitrogens is 1. The Morgan fingerprint density at radius 1 is 1.59 bits per heavy atom. The van der Waals surface area contributed by atoms with Crippen LogP contribution in [0.2, 0.25) is 0 Å². The zero-order chi connectivity index (χ0) is 13.1. The first kappa shape index (κ1) is 13.7. The van der Waals surface area contributed by atoms with Crippen molar-refractivity contribution in [3.8, 4) is 0 Å². The Morgan fingerprint density at radius 2 is 2.24 bits per heavy atom. The number of ether oxygens (including phenoxy) is 1. The first-order valence-electron chi connectivity index (χ1n) is 4.52. The molecule has 1 unspecified atom stereocenters. The summed E-state index contributed by atoms with van der Waals surface area (Å²) in [6.07, 6.45) is 1.65. The van der Waals surface area contributed by atoms with E-state index in [0.29, 0.717) is 0 Å². The van der Waals surface area contributed by atoms with E-state index >= 15 is 0 Å². The van der Waals surface area contributed by atoms with Crippen molar-refractivity contribution in [2.75, 3.05) is 0 Å². The van der Waals surface area contributed by atoms with E-state index in [-0.39, 0.29) is 11.9 Å². The molecule has 0 saturated carbocycles. The van der Waals surface area contributed by atoms with Crippen LogP contribution in [0.15, 0.2) is 16.1 Å². The van der Waals surface area contributed by atoms with Crippen LogP contribution in [-0.4, -0.2) is 32.4 Å². The van der Waals surface area contributed by atoms with Crippen molar-refractivity contribution in [3.05, 3.63) is 6.20 Å². The minimum absolute atomic E-state index is 0.154. The number of hydrogen-bond acceptors (Lipinski definition) is 4. The van der Waals surface area contributed by atoms with E-state index in [1.807, 2.05) is 0 Å². The lowest BCUT2D eigenvalue weighted by Crippen LogP contribution is -2.15. The van der Waals surface area contributed by atoms with Gasteiger partial charge >= 0.3 is 5.51 Å². The lowest BCUT2D eigenvalue weighted by molar-refractivity contribution is -0.0384. The third-order valence-corrected chi connectivity index (χ3v) is 2.63. The van der Waals surface area contributed by atoms with Gasteiger partial charge in [0.2, 0.25) is 0 Å². The number of halogens is 3. The summed E-state index contributed by atoms with van der Waals surface area (Å²) in [4.78, 5) is 3.06. The highest BCUT2D eigenvalue weighted by Crippen LogP contribution is 2.30. The summed E-state index contributed by atoms with van der Waals surface area (Å²) >= 11 is 0. The second-order valence-corrected chi connectivity index (χ2v) is 4.66. The maximum absolute atomic E-state index is 12.2. The molecular formula is C8H10F3N3O2S. The lowest BCUT2D eigenvalue weighted by atomic mass is 10.5. The predicted molar refractivity (Wildman–Crippen MR) is 55.4 cm³/mol. The molecule has 96 valence electrons. The second-order valence-electron chi connectivity index (χ2n) is 3.22. The number of aromatic amines is 1. The van der Waals surface area contributed by atoms with Crippen molar-refractivity contribution in [2.24, 2.45) is 4.99 Å². The summed E-state index contributed by atoms with van der Waals surface area (Å²) < 4.78 is 52.6. The summed E-state index contributed by atoms with van der Waals surface area (Å²) in [6, 6.07) is 0. The Labute approximate surface area is 97.5 Å². The number of nitrogens with one attached hydrogen (secondary N) is 1. The highest BCUT2D eigenvalue weighted by atomic mass is 32.2. The van der Waals surface area contributed by atoms with Crippen LogP contribution in [0.25, 0.3) is 0 Å². The molecule has 0 aromatic carbocycles. The minimum atomic E-state index is -4.84. The molecule has 0 amide bonds. The quantitative estimate of drug-likeness (QED) is 0.672. The van der Waals surface area contributed by atoms with E-state index in [0.717, 1.165) is 12.6 Å². The van der Waals surface area contributed by atoms with Crippen LogP contribution in [0.1, 0.15) is 13.8 Å². The molecule has 1 rings (SSSR count). The van der Waals surface area contributed by atoms with E-state index in [1.165, 1.54) is 0 Å². The normalized spacial score (nSPS) is 14.5. The first-order valence-corrected chi connectivity index (χ1v) is 5.67. The minimum Gasteiger partial charge on any atom is -0.480 e. The smallest absolute Gasteiger partial charge is 0.476 e. The first-order chi connectivity index (χ1) is 7.82. The molecule has 0 aliphatic carbocycles. The second kappa shape index (κ2) is 5.30. The number of nitrogens with zero attached hydrogens (tertiary/aromatic N) is 2. The van der Waals surface area contributed by atoms with Gasteiger partial charge in [-0.05, 0) is 13.8 Å². The van der Waals surface area contributed by atoms with Crippen molar-refractivity contribution in [2.45, 2.75) is 30.4 Å². The van der Waals surface area contributed by atoms with Gasteiger partial charge in [-0.1, -0.05) is 0 Å². The Kier molecular flexibility index (Phi) is 4.27. The van der Waals surface area contributed by atoms with Gasteiger partial charge < -0.3 is 4.74 Å². The molecule has 0 aliphatic heterocycles. The molecule has 1 heterocycles. The zero-order valence-corrected chi connectivity index (χ0v) is 9.80. The Morgan fingerprint density at radius 3 is 2.76 bits per heavy atom. The average Bonchev–Trinajstić information content (AvgIpc) is 2.62. The fourth-order valence-electron chi connectivity index (χ4n) is 0.826. The lowest BCUT2D eigenvalue weighted by Gasteiger charge is -2.04. The monoisotopic (exact) mass is 269 g/mol. The topological polar surface area (TPSA) is 67.3 Å². The van der Waals surface area contributed by atoms with Crippen molar-refractivity contribution >= 4 is 23.0 Å². The Bertz CT molecular complexity index is 428. The summed E-state index contributed by atoms with van der Waals surface area (Å²) in [5, 5.41) is 5.58. The van der Waals surface area contributed by atoms with Gasteiger partial charge in [-0.3, -0.25) is 5.10 Å². The number of aromatic nitrogens is 2. The molecule has 1 aromatic heterocycles. The van der Waals surface area contributed by atoms with Crippen LogP contribution in [-0.2, 0) is 15.5 Å². The molecule has 0 saturated heterocycles. The van der Waals surface area contributed by atoms with Gasteiger partial charge in [-0.15, -0.1) is 0 Å². The SMILES string of the molecule is CC(C)OC=Nc1[nH]ncc1S(=O)C(F)(F)F. The molecule has 1 N–H and O–H groups in total. The molecule has 17 heavy (non-hydrogen) atoms. The van der Waals surface area contributed by atoms with Crippen LogP contribution in [0.3, 0.4) is 0 Å². The molecule has 5 nitrogen and oxygen atoms in total. The van der Waals surface area contributed by atoms with Crippen LogP contribution in [0, 0.1) is 0 Å². The van der Waals surface area contributed by atoms with Crippen molar-refractivity contribution < 1.29 is 22.1 Å². The zero-order valence-electron chi connectivity index (χ0n) is 8.99. The number of rotatable bonds is 4. The number of alkyl halides is 3. The molecule has 9 heteroatoms. The average molecular weight is 269 g/mol. The highest BCUT2D eigenvalue weighted by Gasteiger charge is 2.40. The van der Waals surface area contributed by atoms with Crippen LogP contribution >= 0.6 is 0 Å². The van der Waals surface area contributed by atoms with Crippen molar-refractivity contribution in [1.82, 2.24) is 10.2 Å². The molecule has 0 bridgehead atoms. The van der Waals surface area contributed by atoms with Gasteiger partial charge in [0.25, 0.3) is 0 Å². The van der Waals surface area contributed by atoms with Gasteiger partial charge in [0.15, 0.2) is 23.0 Å². The van der Waals surface area contributed by atoms with Crippen LogP contribution in [0.4, 0.5) is 19.0 Å². The molecule has 1 atom stereocenters. The number of hydrogen-bond donors (Lipinski definition) is 1. The van der Waals surface area contributed by atoms with Gasteiger partial charge in [-0.25, -0.2) is 9.20 Å². The molecule has 0 fully saturated rings. The summed E-state index contributed by atoms with van der Waals surface area (Å²) in [7, 11) is -3.16. The molecular weight excluding hydrogens is 259 g/mol. The Balaban J connectivity index is 2.87. The predicted octanol–water partition coefficient (Wildman–Crippen LogP) is 2.12. The van der Waals surface area contributed by atoms with E-state index in [2.05, 4.69) is 15.2 Å². The molecule has 0 aliphatic rings. The third kappa shape index (κ3) is 3.84. The third-order valence-electron chi connectivity index (χ3n) is 1.51. The summed E-state index contributed by atoms with van der Waals surface area (Å²) in [6.45, 7) is 3.46. The van der Waals surface area contributed by atoms with E-state index in [4.69, 9.17) is 4.74 Å². The van der Waals surface area contributed by atoms with Gasteiger partial charge in [0, 0.05) is 0 Å². The van der Waals surface area contributed by atoms with Crippen LogP contribution < -0.4 is 0 Å². The maximum atomic E-state index is 12.2. The number of aliphatic imine (C=N–C) groups is 1. The van der Waals surface area contributed by atoms with Crippen molar-refractivity contribution in [3.63, 3.8) is 0 Å². The van der Waals surface area contributed by atoms with Crippen LogP contribution in [0.5, 0.6) is 0 Å². The van der Waals surface area contributed by atoms with E-state index in [1.54, 1.807) is 13.8 Å². The van der Waals surface area contributed by atoms with E-state index in [9.17, 15) is 17.4 Å². The largest absolute Gasteiger partial charge is 0.480 e. The molecule has 0 radical (unpaired) electrons. The van der Waals surface area contributed by atoms with Crippen molar-refractivity contribution in [1.29, 1.82) is 0 Å². The van der Waals surface area contributed by atoms with Gasteiger partial charge in [-0.2, -0.15) is 18.3 Å². The maximum Gasteiger partial charge on any atom is 0.476 e. The molecule has 1 aromatic rings. The Hall–Kier alpha value is -1.38. The fraction of sp³-hybridized carbons (Fsp3) is 0.500. The molecule has 0 spiro atoms. The standard InChI is InChI=1S/C8H10F3N3O2S/c1-5(2)16-4-12-7-6(3-13-14-7)17(15)8(9,10)11/h3-5H,1-2H3,(H,13,14). The van der Waals surface area contributed by atoms with Gasteiger partial charge in [0.05, 0.1) is 12.3 Å². The highest BCUT2D eigenvalue weighted by molar-refractivity contribution is 7.86. The fourth-order valence-corrected chi connectivity index (χ4v) is 1.50. The summed E-state index contributed by atoms with van der Waals surface area (Å²) in [5.41, 5.74) is -4.84. The summed E-state index contributed by atoms with van der Waals surface area (Å²) in [5.74, 6) is -0.235.